The number of methoxy groups -OCH3 is 2. The Hall–Kier alpha value is -1.95. The topological polar surface area (TPSA) is 64.1 Å². The van der Waals surface area contributed by atoms with Crippen LogP contribution in [0.2, 0.25) is 0 Å². The molecule has 0 spiro atoms. The summed E-state index contributed by atoms with van der Waals surface area (Å²) in [6, 6.07) is 7.73. The van der Waals surface area contributed by atoms with E-state index in [1.165, 1.54) is 0 Å². The second kappa shape index (κ2) is 10.7. The van der Waals surface area contributed by atoms with Crippen LogP contribution >= 0.6 is 0 Å². The fourth-order valence-corrected chi connectivity index (χ4v) is 1.99. The highest BCUT2D eigenvalue weighted by Gasteiger charge is 2.07. The summed E-state index contributed by atoms with van der Waals surface area (Å²) in [6.07, 6.45) is -0.0309. The highest BCUT2D eigenvalue weighted by Crippen LogP contribution is 2.18. The van der Waals surface area contributed by atoms with Crippen molar-refractivity contribution in [2.45, 2.75) is 32.9 Å². The van der Waals surface area contributed by atoms with Crippen LogP contribution in [0.4, 0.5) is 0 Å². The Balaban J connectivity index is 2.52. The van der Waals surface area contributed by atoms with Crippen molar-refractivity contribution < 1.29 is 14.2 Å². The number of nitrogens with zero attached hydrogens (tertiary/aromatic N) is 1. The zero-order valence-corrected chi connectivity index (χ0v) is 14.8. The van der Waals surface area contributed by atoms with Crippen molar-refractivity contribution in [1.29, 1.82) is 0 Å². The first-order valence-corrected chi connectivity index (χ1v) is 7.93. The lowest BCUT2D eigenvalue weighted by Gasteiger charge is -2.18. The second-order valence-electron chi connectivity index (χ2n) is 5.32. The van der Waals surface area contributed by atoms with E-state index in [0.717, 1.165) is 24.0 Å². The molecule has 0 aliphatic rings. The van der Waals surface area contributed by atoms with E-state index in [1.54, 1.807) is 14.2 Å². The van der Waals surface area contributed by atoms with Gasteiger partial charge in [-0.25, -0.2) is 4.99 Å². The molecule has 0 amide bonds. The minimum atomic E-state index is -0.0309. The quantitative estimate of drug-likeness (QED) is 0.538. The maximum atomic E-state index is 5.85. The van der Waals surface area contributed by atoms with Gasteiger partial charge in [-0.2, -0.15) is 0 Å². The Morgan fingerprint density at radius 2 is 1.78 bits per heavy atom. The first kappa shape index (κ1) is 19.1. The Kier molecular flexibility index (Phi) is 8.90. The molecule has 0 fully saturated rings. The second-order valence-corrected chi connectivity index (χ2v) is 5.32. The summed E-state index contributed by atoms with van der Waals surface area (Å²) in [5.74, 6) is 2.38. The predicted octanol–water partition coefficient (Wildman–Crippen LogP) is 2.05. The Morgan fingerprint density at radius 1 is 1.13 bits per heavy atom. The van der Waals surface area contributed by atoms with Crippen molar-refractivity contribution in [2.75, 3.05) is 33.9 Å². The number of aliphatic imine (C=N–C) groups is 1. The zero-order chi connectivity index (χ0) is 17.1. The van der Waals surface area contributed by atoms with Gasteiger partial charge in [-0.1, -0.05) is 0 Å². The standard InChI is InChI=1S/C17H29N3O3/c1-6-18-17(20-13(2)12-21-4)19-11-14(3)23-16-9-7-15(22-5)8-10-16/h7-10,13-14H,6,11-12H2,1-5H3,(H2,18,19,20). The average Bonchev–Trinajstić information content (AvgIpc) is 2.54. The third-order valence-electron chi connectivity index (χ3n) is 3.05. The van der Waals surface area contributed by atoms with Crippen molar-refractivity contribution >= 4 is 5.96 Å². The average molecular weight is 323 g/mol. The monoisotopic (exact) mass is 323 g/mol. The lowest BCUT2D eigenvalue weighted by Crippen LogP contribution is -2.44. The normalized spacial score (nSPS) is 14.0. The number of hydrogen-bond acceptors (Lipinski definition) is 4. The maximum Gasteiger partial charge on any atom is 0.191 e. The van der Waals surface area contributed by atoms with E-state index in [9.17, 15) is 0 Å². The molecule has 1 aromatic rings. The fourth-order valence-electron chi connectivity index (χ4n) is 1.99. The van der Waals surface area contributed by atoms with Crippen LogP contribution in [-0.4, -0.2) is 52.0 Å². The van der Waals surface area contributed by atoms with Crippen LogP contribution in [0.25, 0.3) is 0 Å². The third kappa shape index (κ3) is 7.74. The molecule has 0 saturated heterocycles. The molecule has 130 valence electrons. The SMILES string of the molecule is CCNC(=NCC(C)Oc1ccc(OC)cc1)NC(C)COC. The fraction of sp³-hybridized carbons (Fsp3) is 0.588. The Labute approximate surface area is 139 Å². The van der Waals surface area contributed by atoms with Gasteiger partial charge in [-0.15, -0.1) is 0 Å². The highest BCUT2D eigenvalue weighted by molar-refractivity contribution is 5.80. The van der Waals surface area contributed by atoms with Crippen LogP contribution in [0.5, 0.6) is 11.5 Å². The highest BCUT2D eigenvalue weighted by atomic mass is 16.5. The molecular formula is C17H29N3O3. The largest absolute Gasteiger partial charge is 0.497 e. The lowest BCUT2D eigenvalue weighted by atomic mass is 10.3. The van der Waals surface area contributed by atoms with Crippen LogP contribution in [0.3, 0.4) is 0 Å². The van der Waals surface area contributed by atoms with E-state index in [1.807, 2.05) is 45.0 Å². The molecule has 1 aromatic carbocycles. The van der Waals surface area contributed by atoms with Crippen LogP contribution in [-0.2, 0) is 4.74 Å². The molecule has 0 heterocycles. The molecule has 1 rings (SSSR count). The number of guanidine groups is 1. The van der Waals surface area contributed by atoms with Gasteiger partial charge in [0.1, 0.15) is 17.6 Å². The van der Waals surface area contributed by atoms with E-state index in [4.69, 9.17) is 14.2 Å². The van der Waals surface area contributed by atoms with Crippen molar-refractivity contribution in [3.05, 3.63) is 24.3 Å². The summed E-state index contributed by atoms with van der Waals surface area (Å²) in [5.41, 5.74) is 0. The molecule has 2 unspecified atom stereocenters. The Morgan fingerprint density at radius 3 is 2.35 bits per heavy atom. The number of rotatable bonds is 9. The van der Waals surface area contributed by atoms with Crippen LogP contribution < -0.4 is 20.1 Å². The van der Waals surface area contributed by atoms with Crippen molar-refractivity contribution in [3.63, 3.8) is 0 Å². The Bertz CT molecular complexity index is 463. The van der Waals surface area contributed by atoms with E-state index >= 15 is 0 Å². The van der Waals surface area contributed by atoms with Crippen LogP contribution in [0, 0.1) is 0 Å². The minimum Gasteiger partial charge on any atom is -0.497 e. The summed E-state index contributed by atoms with van der Waals surface area (Å²) in [6.45, 7) is 8.07. The molecule has 0 aliphatic carbocycles. The van der Waals surface area contributed by atoms with Crippen molar-refractivity contribution in [3.8, 4) is 11.5 Å². The third-order valence-corrected chi connectivity index (χ3v) is 3.05. The van der Waals surface area contributed by atoms with Crippen molar-refractivity contribution in [1.82, 2.24) is 10.6 Å². The summed E-state index contributed by atoms with van der Waals surface area (Å²) in [4.78, 5) is 4.55. The van der Waals surface area contributed by atoms with E-state index in [2.05, 4.69) is 15.6 Å². The number of nitrogens with one attached hydrogen (secondary N) is 2. The zero-order valence-electron chi connectivity index (χ0n) is 14.8. The first-order chi connectivity index (χ1) is 11.1. The number of ether oxygens (including phenoxy) is 3. The first-order valence-electron chi connectivity index (χ1n) is 7.93. The summed E-state index contributed by atoms with van der Waals surface area (Å²) in [5, 5.41) is 6.51. The van der Waals surface area contributed by atoms with Crippen LogP contribution in [0.1, 0.15) is 20.8 Å². The molecule has 23 heavy (non-hydrogen) atoms. The van der Waals surface area contributed by atoms with Gasteiger partial charge in [0.25, 0.3) is 0 Å². The van der Waals surface area contributed by atoms with Crippen molar-refractivity contribution in [2.24, 2.45) is 4.99 Å². The molecule has 2 atom stereocenters. The van der Waals surface area contributed by atoms with Gasteiger partial charge in [0.05, 0.1) is 20.3 Å². The molecule has 6 nitrogen and oxygen atoms in total. The molecule has 2 N–H and O–H groups in total. The predicted molar refractivity (Wildman–Crippen MR) is 93.5 cm³/mol. The van der Waals surface area contributed by atoms with Crippen LogP contribution in [0.15, 0.2) is 29.3 Å². The van der Waals surface area contributed by atoms with E-state index < -0.39 is 0 Å². The van der Waals surface area contributed by atoms with E-state index in [0.29, 0.717) is 13.2 Å². The van der Waals surface area contributed by atoms with Gasteiger partial charge < -0.3 is 24.8 Å². The lowest BCUT2D eigenvalue weighted by molar-refractivity contribution is 0.179. The molecule has 0 saturated carbocycles. The number of benzene rings is 1. The van der Waals surface area contributed by atoms with Gasteiger partial charge in [0, 0.05) is 19.7 Å². The van der Waals surface area contributed by atoms with Gasteiger partial charge >= 0.3 is 0 Å². The summed E-state index contributed by atoms with van der Waals surface area (Å²) in [7, 11) is 3.33. The van der Waals surface area contributed by atoms with E-state index in [-0.39, 0.29) is 12.1 Å². The molecule has 0 aromatic heterocycles. The molecule has 6 heteroatoms. The molecule has 0 aliphatic heterocycles. The minimum absolute atomic E-state index is 0.0309. The van der Waals surface area contributed by atoms with Gasteiger partial charge in [-0.3, -0.25) is 0 Å². The molecule has 0 bridgehead atoms. The molecule has 0 radical (unpaired) electrons. The summed E-state index contributed by atoms with van der Waals surface area (Å²) < 4.78 is 16.1. The summed E-state index contributed by atoms with van der Waals surface area (Å²) >= 11 is 0. The smallest absolute Gasteiger partial charge is 0.191 e. The maximum absolute atomic E-state index is 5.85. The van der Waals surface area contributed by atoms with Gasteiger partial charge in [-0.05, 0) is 45.0 Å². The molecular weight excluding hydrogens is 294 g/mol. The number of hydrogen-bond donors (Lipinski definition) is 2. The van der Waals surface area contributed by atoms with Gasteiger partial charge in [0.2, 0.25) is 0 Å². The van der Waals surface area contributed by atoms with Gasteiger partial charge in [0.15, 0.2) is 5.96 Å².